The number of aromatic nitrogens is 1. The first-order chi connectivity index (χ1) is 23.0. The van der Waals surface area contributed by atoms with Crippen LogP contribution in [0.3, 0.4) is 0 Å². The molecule has 0 aliphatic carbocycles. The smallest absolute Gasteiger partial charge is 0.475 e. The SMILES string of the molecule is NCCCC[C@@H](C(=O)NCc1ccccc1)N1Cc2[nH]c3ccccc3c2C[C@@H](NC(=O)Cc2ccccc2)C1=O.O=C(O)C(F)(F)F. The molecule has 254 valence electrons. The standard InChI is InChI=1S/C33H37N5O3.C2HF3O2/c34-18-10-9-17-30(32(40)35-21-24-13-5-2-6-14-24)38-22-29-26(25-15-7-8-16-27(25)36-29)20-28(33(38)41)37-31(39)19-23-11-3-1-4-12-23;3-2(4,5)1(6)7/h1-8,11-16,28,30,36H,9-10,17-22,34H2,(H,35,40)(H,37,39);(H,6,7)/t28-,30+;/m1./s1. The minimum absolute atomic E-state index is 0.169. The van der Waals surface area contributed by atoms with Crippen molar-refractivity contribution in [2.45, 2.75) is 63.5 Å². The van der Waals surface area contributed by atoms with Gasteiger partial charge in [-0.2, -0.15) is 13.2 Å². The van der Waals surface area contributed by atoms with Gasteiger partial charge in [-0.05, 0) is 48.6 Å². The Morgan fingerprint density at radius 2 is 1.54 bits per heavy atom. The van der Waals surface area contributed by atoms with Crippen molar-refractivity contribution in [3.05, 3.63) is 107 Å². The molecule has 1 aliphatic heterocycles. The molecule has 0 spiro atoms. The van der Waals surface area contributed by atoms with Gasteiger partial charge in [0.05, 0.1) is 13.0 Å². The second-order valence-electron chi connectivity index (χ2n) is 11.4. The maximum Gasteiger partial charge on any atom is 0.490 e. The quantitative estimate of drug-likeness (QED) is 0.151. The van der Waals surface area contributed by atoms with Crippen LogP contribution in [0.4, 0.5) is 13.2 Å². The first-order valence-electron chi connectivity index (χ1n) is 15.5. The topological polar surface area (TPSA) is 158 Å². The Morgan fingerprint density at radius 3 is 2.17 bits per heavy atom. The fourth-order valence-electron chi connectivity index (χ4n) is 5.58. The third-order valence-electron chi connectivity index (χ3n) is 7.93. The third-order valence-corrected chi connectivity index (χ3v) is 7.93. The van der Waals surface area contributed by atoms with Gasteiger partial charge in [0.2, 0.25) is 17.7 Å². The van der Waals surface area contributed by atoms with Crippen molar-refractivity contribution in [3.63, 3.8) is 0 Å². The number of hydrogen-bond acceptors (Lipinski definition) is 5. The lowest BCUT2D eigenvalue weighted by Crippen LogP contribution is -2.55. The van der Waals surface area contributed by atoms with Crippen LogP contribution in [0, 0.1) is 0 Å². The highest BCUT2D eigenvalue weighted by Gasteiger charge is 2.39. The molecule has 3 aromatic carbocycles. The van der Waals surface area contributed by atoms with Gasteiger partial charge in [-0.1, -0.05) is 78.9 Å². The molecule has 10 nitrogen and oxygen atoms in total. The van der Waals surface area contributed by atoms with E-state index in [0.717, 1.165) is 39.7 Å². The number of nitrogens with two attached hydrogens (primary N) is 1. The molecule has 13 heteroatoms. The van der Waals surface area contributed by atoms with Gasteiger partial charge >= 0.3 is 12.1 Å². The monoisotopic (exact) mass is 665 g/mol. The second kappa shape index (κ2) is 16.6. The zero-order chi connectivity index (χ0) is 34.7. The largest absolute Gasteiger partial charge is 0.490 e. The van der Waals surface area contributed by atoms with E-state index in [9.17, 15) is 27.6 Å². The van der Waals surface area contributed by atoms with E-state index in [1.807, 2.05) is 84.9 Å². The van der Waals surface area contributed by atoms with E-state index < -0.39 is 24.2 Å². The number of unbranched alkanes of at least 4 members (excludes halogenated alkanes) is 1. The van der Waals surface area contributed by atoms with E-state index in [2.05, 4.69) is 15.6 Å². The first kappa shape index (κ1) is 35.7. The second-order valence-corrected chi connectivity index (χ2v) is 11.4. The highest BCUT2D eigenvalue weighted by molar-refractivity contribution is 5.94. The molecule has 48 heavy (non-hydrogen) atoms. The molecule has 6 N–H and O–H groups in total. The van der Waals surface area contributed by atoms with Crippen LogP contribution in [0.5, 0.6) is 0 Å². The van der Waals surface area contributed by atoms with Gasteiger partial charge in [-0.3, -0.25) is 14.4 Å². The fraction of sp³-hybridized carbons (Fsp3) is 0.314. The Labute approximate surface area is 275 Å². The molecule has 0 saturated carbocycles. The van der Waals surface area contributed by atoms with Gasteiger partial charge in [-0.25, -0.2) is 4.79 Å². The van der Waals surface area contributed by atoms with Crippen LogP contribution >= 0.6 is 0 Å². The van der Waals surface area contributed by atoms with Crippen molar-refractivity contribution in [2.75, 3.05) is 6.54 Å². The lowest BCUT2D eigenvalue weighted by Gasteiger charge is -2.32. The van der Waals surface area contributed by atoms with Gasteiger partial charge in [0.25, 0.3) is 0 Å². The van der Waals surface area contributed by atoms with Crippen LogP contribution < -0.4 is 16.4 Å². The van der Waals surface area contributed by atoms with Gasteiger partial charge < -0.3 is 31.4 Å². The summed E-state index contributed by atoms with van der Waals surface area (Å²) in [4.78, 5) is 55.0. The van der Waals surface area contributed by atoms with Gasteiger partial charge in [0, 0.05) is 29.6 Å². The number of H-pyrrole nitrogens is 1. The number of carbonyl (C=O) groups excluding carboxylic acids is 3. The fourth-order valence-corrected chi connectivity index (χ4v) is 5.58. The number of nitrogens with one attached hydrogen (secondary N) is 3. The van der Waals surface area contributed by atoms with E-state index in [1.165, 1.54) is 0 Å². The number of hydrogen-bond donors (Lipinski definition) is 5. The Balaban J connectivity index is 0.000000671. The van der Waals surface area contributed by atoms with Crippen molar-refractivity contribution in [2.24, 2.45) is 5.73 Å². The number of nitrogens with zero attached hydrogens (tertiary/aromatic N) is 1. The van der Waals surface area contributed by atoms with Crippen LogP contribution in [0.2, 0.25) is 0 Å². The van der Waals surface area contributed by atoms with E-state index in [-0.39, 0.29) is 30.7 Å². The number of halogens is 3. The number of rotatable bonds is 11. The third kappa shape index (κ3) is 9.67. The van der Waals surface area contributed by atoms with Crippen molar-refractivity contribution < 1.29 is 37.5 Å². The molecule has 0 radical (unpaired) electrons. The number of fused-ring (bicyclic) bond motifs is 3. The van der Waals surface area contributed by atoms with E-state index >= 15 is 0 Å². The average molecular weight is 666 g/mol. The molecule has 2 atom stereocenters. The highest BCUT2D eigenvalue weighted by Crippen LogP contribution is 2.29. The first-order valence-corrected chi connectivity index (χ1v) is 15.5. The van der Waals surface area contributed by atoms with Crippen LogP contribution in [0.25, 0.3) is 10.9 Å². The van der Waals surface area contributed by atoms with Gasteiger partial charge in [-0.15, -0.1) is 0 Å². The molecule has 5 rings (SSSR count). The number of aliphatic carboxylic acids is 1. The van der Waals surface area contributed by atoms with Crippen LogP contribution in [-0.4, -0.2) is 63.5 Å². The molecule has 1 aromatic heterocycles. The van der Waals surface area contributed by atoms with Crippen molar-refractivity contribution in [1.82, 2.24) is 20.5 Å². The Bertz CT molecular complexity index is 1700. The van der Waals surface area contributed by atoms with Crippen molar-refractivity contribution in [3.8, 4) is 0 Å². The zero-order valence-corrected chi connectivity index (χ0v) is 26.1. The molecule has 4 aromatic rings. The number of benzene rings is 3. The van der Waals surface area contributed by atoms with Crippen LogP contribution in [0.1, 0.15) is 41.6 Å². The summed E-state index contributed by atoms with van der Waals surface area (Å²) in [7, 11) is 0. The highest BCUT2D eigenvalue weighted by atomic mass is 19.4. The number of aromatic amines is 1. The summed E-state index contributed by atoms with van der Waals surface area (Å²) in [6.07, 6.45) is -2.64. The maximum absolute atomic E-state index is 14.2. The number of carbonyl (C=O) groups is 4. The predicted octanol–water partition coefficient (Wildman–Crippen LogP) is 4.23. The zero-order valence-electron chi connectivity index (χ0n) is 26.1. The summed E-state index contributed by atoms with van der Waals surface area (Å²) >= 11 is 0. The number of carboxylic acids is 1. The van der Waals surface area contributed by atoms with Gasteiger partial charge in [0.15, 0.2) is 0 Å². The minimum atomic E-state index is -5.08. The van der Waals surface area contributed by atoms with Crippen molar-refractivity contribution >= 4 is 34.6 Å². The van der Waals surface area contributed by atoms with Crippen LogP contribution in [0.15, 0.2) is 84.9 Å². The lowest BCUT2D eigenvalue weighted by molar-refractivity contribution is -0.192. The Morgan fingerprint density at radius 1 is 0.938 bits per heavy atom. The normalized spacial score (nSPS) is 15.0. The average Bonchev–Trinajstić information content (AvgIpc) is 3.35. The molecule has 0 fully saturated rings. The van der Waals surface area contributed by atoms with Gasteiger partial charge in [0.1, 0.15) is 12.1 Å². The van der Waals surface area contributed by atoms with E-state index in [4.69, 9.17) is 15.6 Å². The molecular weight excluding hydrogens is 627 g/mol. The maximum atomic E-state index is 14.2. The van der Waals surface area contributed by atoms with Crippen molar-refractivity contribution in [1.29, 1.82) is 0 Å². The molecular formula is C35H38F3N5O5. The number of para-hydroxylation sites is 1. The number of amides is 3. The Kier molecular flexibility index (Phi) is 12.3. The minimum Gasteiger partial charge on any atom is -0.475 e. The summed E-state index contributed by atoms with van der Waals surface area (Å²) in [5, 5.41) is 14.2. The number of carboxylic acid groups (broad SMARTS) is 1. The molecule has 0 bridgehead atoms. The summed E-state index contributed by atoms with van der Waals surface area (Å²) < 4.78 is 31.7. The predicted molar refractivity (Wildman–Crippen MR) is 173 cm³/mol. The van der Waals surface area contributed by atoms with E-state index in [0.29, 0.717) is 32.4 Å². The summed E-state index contributed by atoms with van der Waals surface area (Å²) in [6, 6.07) is 25.6. The molecule has 0 saturated heterocycles. The summed E-state index contributed by atoms with van der Waals surface area (Å²) in [5.74, 6) is -3.46. The number of alkyl halides is 3. The summed E-state index contributed by atoms with van der Waals surface area (Å²) in [5.41, 5.74) is 10.5. The summed E-state index contributed by atoms with van der Waals surface area (Å²) in [6.45, 7) is 1.13. The molecule has 0 unspecified atom stereocenters. The van der Waals surface area contributed by atoms with Crippen LogP contribution in [-0.2, 0) is 45.1 Å². The van der Waals surface area contributed by atoms with E-state index in [1.54, 1.807) is 4.90 Å². The molecule has 2 heterocycles. The lowest BCUT2D eigenvalue weighted by atomic mass is 10.0. The molecule has 3 amide bonds. The Hall–Kier alpha value is -5.17. The molecule has 1 aliphatic rings.